The van der Waals surface area contributed by atoms with Crippen molar-refractivity contribution in [1.29, 1.82) is 0 Å². The molecule has 0 fully saturated rings. The van der Waals surface area contributed by atoms with Crippen LogP contribution < -0.4 is 4.74 Å². The van der Waals surface area contributed by atoms with Gasteiger partial charge in [0.05, 0.1) is 19.8 Å². The molecule has 4 atom stereocenters. The van der Waals surface area contributed by atoms with Crippen molar-refractivity contribution < 1.29 is 76.6 Å². The lowest BCUT2D eigenvalue weighted by molar-refractivity contribution is -0.757. The van der Waals surface area contributed by atoms with E-state index in [2.05, 4.69) is 4.84 Å². The van der Waals surface area contributed by atoms with E-state index in [0.717, 1.165) is 0 Å². The van der Waals surface area contributed by atoms with Crippen LogP contribution in [-0.4, -0.2) is 91.1 Å². The molecule has 0 aliphatic heterocycles. The second kappa shape index (κ2) is 22.3. The molecule has 0 amide bonds. The molecule has 0 aliphatic carbocycles. The summed E-state index contributed by atoms with van der Waals surface area (Å²) in [6, 6.07) is 6.13. The predicted octanol–water partition coefficient (Wildman–Crippen LogP) is 2.59. The Labute approximate surface area is 281 Å². The third kappa shape index (κ3) is 17.4. The Hall–Kier alpha value is -5.29. The smallest absolute Gasteiger partial charge is 0.347 e. The maximum atomic E-state index is 12.3. The molecule has 272 valence electrons. The number of para-hydroxylation sites is 1. The van der Waals surface area contributed by atoms with Gasteiger partial charge in [-0.25, -0.2) is 24.0 Å². The molecule has 1 aromatic rings. The lowest BCUT2D eigenvalue weighted by Gasteiger charge is -2.19. The van der Waals surface area contributed by atoms with Crippen molar-refractivity contribution >= 4 is 41.8 Å². The van der Waals surface area contributed by atoms with Crippen molar-refractivity contribution in [2.75, 3.05) is 19.8 Å². The van der Waals surface area contributed by atoms with Gasteiger partial charge in [0, 0.05) is 13.3 Å². The van der Waals surface area contributed by atoms with Gasteiger partial charge < -0.3 is 38.0 Å². The van der Waals surface area contributed by atoms with Crippen LogP contribution in [0.4, 0.5) is 0 Å². The first-order valence-electron chi connectivity index (χ1n) is 15.3. The van der Waals surface area contributed by atoms with Gasteiger partial charge in [-0.05, 0) is 71.9 Å². The molecule has 0 aliphatic rings. The topological polar surface area (TPSA) is 236 Å². The molecule has 0 radical (unpaired) electrons. The number of carbonyl (C=O) groups excluding carboxylic acids is 7. The number of hydrogen-bond donors (Lipinski definition) is 0. The van der Waals surface area contributed by atoms with E-state index in [1.165, 1.54) is 46.8 Å². The van der Waals surface area contributed by atoms with Gasteiger partial charge in [0.2, 0.25) is 0 Å². The summed E-state index contributed by atoms with van der Waals surface area (Å²) < 4.78 is 34.9. The Bertz CT molecular complexity index is 1310. The van der Waals surface area contributed by atoms with Gasteiger partial charge in [0.25, 0.3) is 5.09 Å². The fourth-order valence-electron chi connectivity index (χ4n) is 3.56. The first-order valence-corrected chi connectivity index (χ1v) is 15.3. The van der Waals surface area contributed by atoms with Gasteiger partial charge in [-0.15, -0.1) is 10.1 Å². The molecule has 4 unspecified atom stereocenters. The molecule has 1 aromatic carbocycles. The predicted molar refractivity (Wildman–Crippen MR) is 162 cm³/mol. The van der Waals surface area contributed by atoms with Gasteiger partial charge in [0.15, 0.2) is 24.4 Å². The summed E-state index contributed by atoms with van der Waals surface area (Å²) in [7, 11) is 0. The van der Waals surface area contributed by atoms with Crippen LogP contribution in [0.1, 0.15) is 83.5 Å². The third-order valence-corrected chi connectivity index (χ3v) is 6.11. The van der Waals surface area contributed by atoms with Crippen molar-refractivity contribution in [2.45, 2.75) is 97.6 Å². The van der Waals surface area contributed by atoms with Crippen molar-refractivity contribution in [2.24, 2.45) is 0 Å². The highest BCUT2D eigenvalue weighted by Crippen LogP contribution is 2.19. The van der Waals surface area contributed by atoms with Crippen LogP contribution in [0.25, 0.3) is 0 Å². The molecule has 0 N–H and O–H groups in total. The zero-order valence-corrected chi connectivity index (χ0v) is 27.9. The summed E-state index contributed by atoms with van der Waals surface area (Å²) in [5, 5.41) is 9.13. The maximum absolute atomic E-state index is 12.3. The number of benzene rings is 1. The number of nitrogens with zero attached hydrogens (tertiary/aromatic N) is 1. The highest BCUT2D eigenvalue weighted by Gasteiger charge is 2.30. The molecular formula is C31H41NO17. The summed E-state index contributed by atoms with van der Waals surface area (Å²) in [5.41, 5.74) is 0.0991. The SMILES string of the molecule is CC(=O)Oc1ccccc1C(=O)OCCCCCC(=O)OC(C)C(=O)OC(C)C(=O)OC(C)C(=O)OC(C)C(=O)OCCCCO[N+](=O)[O-]. The zero-order valence-electron chi connectivity index (χ0n) is 27.9. The van der Waals surface area contributed by atoms with Crippen molar-refractivity contribution in [3.63, 3.8) is 0 Å². The summed E-state index contributed by atoms with van der Waals surface area (Å²) in [4.78, 5) is 98.7. The second-order valence-electron chi connectivity index (χ2n) is 10.3. The summed E-state index contributed by atoms with van der Waals surface area (Å²) in [6.45, 7) is 5.80. The molecule has 1 rings (SSSR count). The van der Waals surface area contributed by atoms with E-state index < -0.39 is 71.3 Å². The van der Waals surface area contributed by atoms with Crippen LogP contribution >= 0.6 is 0 Å². The highest BCUT2D eigenvalue weighted by atomic mass is 16.9. The number of esters is 7. The number of rotatable bonds is 22. The minimum atomic E-state index is -1.49. The van der Waals surface area contributed by atoms with E-state index in [1.807, 2.05) is 0 Å². The van der Waals surface area contributed by atoms with E-state index in [9.17, 15) is 43.7 Å². The van der Waals surface area contributed by atoms with Crippen molar-refractivity contribution in [1.82, 2.24) is 0 Å². The fourth-order valence-corrected chi connectivity index (χ4v) is 3.56. The molecule has 0 spiro atoms. The van der Waals surface area contributed by atoms with Crippen LogP contribution in [0.15, 0.2) is 24.3 Å². The van der Waals surface area contributed by atoms with Crippen LogP contribution in [0.2, 0.25) is 0 Å². The summed E-state index contributed by atoms with van der Waals surface area (Å²) in [5.74, 6) is -6.01. The summed E-state index contributed by atoms with van der Waals surface area (Å²) in [6.07, 6.45) is -3.96. The van der Waals surface area contributed by atoms with E-state index in [1.54, 1.807) is 12.1 Å². The van der Waals surface area contributed by atoms with Crippen LogP contribution in [0.5, 0.6) is 5.75 Å². The molecule has 18 nitrogen and oxygen atoms in total. The van der Waals surface area contributed by atoms with Crippen LogP contribution in [-0.2, 0) is 62.0 Å². The standard InChI is InChI=1S/C31H41NO17/c1-19(27(35)42-17-11-12-18-44-32(40)41)46-29(37)21(3)48-30(38)22(4)47-28(36)20(2)45-26(34)15-7-6-10-16-43-31(39)24-13-8-9-14-25(24)49-23(5)33/h8-9,13-14,19-22H,6-7,10-12,15-18H2,1-5H3. The van der Waals surface area contributed by atoms with E-state index in [-0.39, 0.29) is 50.4 Å². The largest absolute Gasteiger partial charge is 0.463 e. The first-order chi connectivity index (χ1) is 23.1. The lowest BCUT2D eigenvalue weighted by atomic mass is 10.2. The van der Waals surface area contributed by atoms with Gasteiger partial charge >= 0.3 is 41.8 Å². The Morgan fingerprint density at radius 2 is 1.14 bits per heavy atom. The lowest BCUT2D eigenvalue weighted by Crippen LogP contribution is -2.37. The van der Waals surface area contributed by atoms with Crippen molar-refractivity contribution in [3.05, 3.63) is 39.9 Å². The van der Waals surface area contributed by atoms with E-state index in [4.69, 9.17) is 33.2 Å². The zero-order chi connectivity index (χ0) is 36.9. The average Bonchev–Trinajstić information content (AvgIpc) is 3.03. The maximum Gasteiger partial charge on any atom is 0.347 e. The Morgan fingerprint density at radius 1 is 0.653 bits per heavy atom. The molecule has 0 saturated heterocycles. The minimum absolute atomic E-state index is 0.0498. The van der Waals surface area contributed by atoms with E-state index >= 15 is 0 Å². The normalized spacial score (nSPS) is 12.9. The Balaban J connectivity index is 2.31. The molecule has 0 saturated carbocycles. The van der Waals surface area contributed by atoms with Gasteiger partial charge in [0.1, 0.15) is 11.3 Å². The molecule has 18 heteroatoms. The third-order valence-electron chi connectivity index (χ3n) is 6.11. The summed E-state index contributed by atoms with van der Waals surface area (Å²) >= 11 is 0. The number of carbonyl (C=O) groups is 7. The Kier molecular flexibility index (Phi) is 19.0. The Morgan fingerprint density at radius 3 is 1.71 bits per heavy atom. The molecule has 0 heterocycles. The number of hydrogen-bond acceptors (Lipinski definition) is 17. The molecule has 0 aromatic heterocycles. The van der Waals surface area contributed by atoms with Gasteiger partial charge in [-0.2, -0.15) is 0 Å². The average molecular weight is 700 g/mol. The first kappa shape index (κ1) is 41.7. The molecule has 49 heavy (non-hydrogen) atoms. The number of unbranched alkanes of at least 4 members (excludes halogenated alkanes) is 3. The van der Waals surface area contributed by atoms with Gasteiger partial charge in [-0.1, -0.05) is 12.1 Å². The van der Waals surface area contributed by atoms with Crippen LogP contribution in [0.3, 0.4) is 0 Å². The number of ether oxygens (including phenoxy) is 7. The molecule has 0 bridgehead atoms. The minimum Gasteiger partial charge on any atom is -0.463 e. The monoisotopic (exact) mass is 699 g/mol. The molecular weight excluding hydrogens is 658 g/mol. The fraction of sp³-hybridized carbons (Fsp3) is 0.581. The van der Waals surface area contributed by atoms with Gasteiger partial charge in [-0.3, -0.25) is 9.59 Å². The van der Waals surface area contributed by atoms with Crippen LogP contribution in [0, 0.1) is 10.1 Å². The quantitative estimate of drug-likeness (QED) is 0.0422. The van der Waals surface area contributed by atoms with Crippen molar-refractivity contribution in [3.8, 4) is 5.75 Å². The highest BCUT2D eigenvalue weighted by molar-refractivity contribution is 5.93. The second-order valence-corrected chi connectivity index (χ2v) is 10.3. The van der Waals surface area contributed by atoms with E-state index in [0.29, 0.717) is 19.3 Å².